The standard InChI is InChI=1S/C18H22N6O/c25-18-8-15(10-23-6-5-19-12-23)7-17(18)21-9-14-1-3-16(4-2-14)24-13-20-11-22-24/h1-6,11-13,15,17-18,21,25H,7-10H2/t15?,17-,18-/m1/s1. The van der Waals surface area contributed by atoms with Crippen LogP contribution in [0.1, 0.15) is 18.4 Å². The SMILES string of the molecule is O[C@@H]1CC(Cn2ccnc2)C[C@H]1NCc1ccc(-n2cncn2)cc1. The lowest BCUT2D eigenvalue weighted by Gasteiger charge is -2.16. The highest BCUT2D eigenvalue weighted by atomic mass is 16.3. The van der Waals surface area contributed by atoms with Gasteiger partial charge in [-0.25, -0.2) is 14.6 Å². The Kier molecular flexibility index (Phi) is 4.58. The summed E-state index contributed by atoms with van der Waals surface area (Å²) in [5.74, 6) is 0.483. The summed E-state index contributed by atoms with van der Waals surface area (Å²) in [6.07, 6.45) is 10.3. The highest BCUT2D eigenvalue weighted by Gasteiger charge is 2.32. The molecule has 0 aliphatic heterocycles. The molecule has 2 N–H and O–H groups in total. The first-order valence-electron chi connectivity index (χ1n) is 8.59. The zero-order valence-corrected chi connectivity index (χ0v) is 13.9. The Bertz CT molecular complexity index is 769. The van der Waals surface area contributed by atoms with E-state index in [9.17, 15) is 5.11 Å². The number of aliphatic hydroxyl groups excluding tert-OH is 1. The molecule has 2 heterocycles. The molecule has 7 nitrogen and oxygen atoms in total. The molecule has 4 rings (SSSR count). The van der Waals surface area contributed by atoms with Gasteiger partial charge in [0, 0.05) is 31.5 Å². The van der Waals surface area contributed by atoms with Gasteiger partial charge in [-0.05, 0) is 36.5 Å². The second kappa shape index (κ2) is 7.16. The maximum Gasteiger partial charge on any atom is 0.138 e. The Hall–Kier alpha value is -2.51. The number of aromatic nitrogens is 5. The maximum atomic E-state index is 10.3. The number of rotatable bonds is 6. The molecule has 0 radical (unpaired) electrons. The summed E-state index contributed by atoms with van der Waals surface area (Å²) in [4.78, 5) is 8.04. The molecule has 1 aromatic carbocycles. The fourth-order valence-corrected chi connectivity index (χ4v) is 3.54. The summed E-state index contributed by atoms with van der Waals surface area (Å²) in [7, 11) is 0. The summed E-state index contributed by atoms with van der Waals surface area (Å²) in [5, 5.41) is 18.0. The lowest BCUT2D eigenvalue weighted by atomic mass is 10.1. The minimum atomic E-state index is -0.289. The average molecular weight is 338 g/mol. The zero-order chi connectivity index (χ0) is 17.1. The molecular weight excluding hydrogens is 316 g/mol. The summed E-state index contributed by atoms with van der Waals surface area (Å²) in [5.41, 5.74) is 2.18. The smallest absolute Gasteiger partial charge is 0.138 e. The average Bonchev–Trinajstić information content (AvgIpc) is 3.37. The van der Waals surface area contributed by atoms with Crippen LogP contribution in [0.4, 0.5) is 0 Å². The van der Waals surface area contributed by atoms with E-state index in [1.807, 2.05) is 24.7 Å². The van der Waals surface area contributed by atoms with Crippen molar-refractivity contribution in [2.45, 2.75) is 38.1 Å². The molecule has 0 saturated heterocycles. The summed E-state index contributed by atoms with van der Waals surface area (Å²) in [6, 6.07) is 8.35. The second-order valence-electron chi connectivity index (χ2n) is 6.66. The van der Waals surface area contributed by atoms with E-state index in [-0.39, 0.29) is 12.1 Å². The van der Waals surface area contributed by atoms with Gasteiger partial charge in [-0.1, -0.05) is 12.1 Å². The van der Waals surface area contributed by atoms with Crippen LogP contribution in [-0.2, 0) is 13.1 Å². The van der Waals surface area contributed by atoms with Crippen molar-refractivity contribution >= 4 is 0 Å². The van der Waals surface area contributed by atoms with Gasteiger partial charge in [0.05, 0.1) is 18.1 Å². The van der Waals surface area contributed by atoms with Gasteiger partial charge in [-0.2, -0.15) is 5.10 Å². The monoisotopic (exact) mass is 338 g/mol. The van der Waals surface area contributed by atoms with Gasteiger partial charge in [0.2, 0.25) is 0 Å². The molecule has 2 aromatic heterocycles. The van der Waals surface area contributed by atoms with Crippen molar-refractivity contribution in [3.8, 4) is 5.69 Å². The highest BCUT2D eigenvalue weighted by Crippen LogP contribution is 2.27. The molecule has 3 atom stereocenters. The number of benzene rings is 1. The van der Waals surface area contributed by atoms with Crippen LogP contribution < -0.4 is 5.32 Å². The fraction of sp³-hybridized carbons (Fsp3) is 0.389. The van der Waals surface area contributed by atoms with E-state index >= 15 is 0 Å². The molecule has 1 saturated carbocycles. The summed E-state index contributed by atoms with van der Waals surface area (Å²) >= 11 is 0. The van der Waals surface area contributed by atoms with Gasteiger partial charge >= 0.3 is 0 Å². The van der Waals surface area contributed by atoms with Gasteiger partial charge in [0.25, 0.3) is 0 Å². The lowest BCUT2D eigenvalue weighted by molar-refractivity contribution is 0.145. The molecular formula is C18H22N6O. The van der Waals surface area contributed by atoms with Gasteiger partial charge in [0.1, 0.15) is 12.7 Å². The number of nitrogens with zero attached hydrogens (tertiary/aromatic N) is 5. The van der Waals surface area contributed by atoms with E-state index in [1.165, 1.54) is 11.9 Å². The Labute approximate surface area is 146 Å². The Balaban J connectivity index is 1.30. The Morgan fingerprint density at radius 1 is 1.12 bits per heavy atom. The fourth-order valence-electron chi connectivity index (χ4n) is 3.54. The molecule has 1 aliphatic carbocycles. The Morgan fingerprint density at radius 2 is 2.00 bits per heavy atom. The predicted molar refractivity (Wildman–Crippen MR) is 92.9 cm³/mol. The van der Waals surface area contributed by atoms with Crippen molar-refractivity contribution < 1.29 is 5.11 Å². The molecule has 0 spiro atoms. The van der Waals surface area contributed by atoms with Crippen molar-refractivity contribution in [1.82, 2.24) is 29.6 Å². The van der Waals surface area contributed by atoms with E-state index in [0.717, 1.165) is 31.6 Å². The molecule has 25 heavy (non-hydrogen) atoms. The summed E-state index contributed by atoms with van der Waals surface area (Å²) < 4.78 is 3.82. The van der Waals surface area contributed by atoms with Crippen molar-refractivity contribution in [3.63, 3.8) is 0 Å². The van der Waals surface area contributed by atoms with Crippen molar-refractivity contribution in [1.29, 1.82) is 0 Å². The van der Waals surface area contributed by atoms with Crippen LogP contribution in [0, 0.1) is 5.92 Å². The Morgan fingerprint density at radius 3 is 2.72 bits per heavy atom. The second-order valence-corrected chi connectivity index (χ2v) is 6.66. The number of hydrogen-bond acceptors (Lipinski definition) is 5. The third-order valence-corrected chi connectivity index (χ3v) is 4.84. The first kappa shape index (κ1) is 16.0. The van der Waals surface area contributed by atoms with Crippen LogP contribution in [0.15, 0.2) is 55.6 Å². The molecule has 0 bridgehead atoms. The first-order chi connectivity index (χ1) is 12.3. The van der Waals surface area contributed by atoms with E-state index in [0.29, 0.717) is 5.92 Å². The number of imidazole rings is 1. The third kappa shape index (κ3) is 3.78. The van der Waals surface area contributed by atoms with Crippen LogP contribution >= 0.6 is 0 Å². The van der Waals surface area contributed by atoms with Crippen LogP contribution in [0.3, 0.4) is 0 Å². The quantitative estimate of drug-likeness (QED) is 0.710. The van der Waals surface area contributed by atoms with Crippen molar-refractivity contribution in [3.05, 3.63) is 61.2 Å². The minimum absolute atomic E-state index is 0.142. The number of aliphatic hydroxyl groups is 1. The van der Waals surface area contributed by atoms with E-state index < -0.39 is 0 Å². The summed E-state index contributed by atoms with van der Waals surface area (Å²) in [6.45, 7) is 1.67. The largest absolute Gasteiger partial charge is 0.391 e. The number of nitrogens with one attached hydrogen (secondary N) is 1. The molecule has 1 aliphatic rings. The van der Waals surface area contributed by atoms with Crippen molar-refractivity contribution in [2.24, 2.45) is 5.92 Å². The highest BCUT2D eigenvalue weighted by molar-refractivity contribution is 5.33. The maximum absolute atomic E-state index is 10.3. The van der Waals surface area contributed by atoms with Crippen LogP contribution in [0.5, 0.6) is 0 Å². The first-order valence-corrected chi connectivity index (χ1v) is 8.59. The lowest BCUT2D eigenvalue weighted by Crippen LogP contribution is -2.35. The van der Waals surface area contributed by atoms with Crippen LogP contribution in [0.2, 0.25) is 0 Å². The normalized spacial score (nSPS) is 23.2. The van der Waals surface area contributed by atoms with E-state index in [2.05, 4.69) is 37.1 Å². The van der Waals surface area contributed by atoms with Gasteiger partial charge in [-0.3, -0.25) is 0 Å². The number of hydrogen-bond donors (Lipinski definition) is 2. The van der Waals surface area contributed by atoms with Crippen LogP contribution in [0.25, 0.3) is 5.69 Å². The van der Waals surface area contributed by atoms with Gasteiger partial charge < -0.3 is 15.0 Å². The van der Waals surface area contributed by atoms with Gasteiger partial charge in [0.15, 0.2) is 0 Å². The van der Waals surface area contributed by atoms with Crippen LogP contribution in [-0.4, -0.2) is 41.6 Å². The van der Waals surface area contributed by atoms with E-state index in [4.69, 9.17) is 0 Å². The topological polar surface area (TPSA) is 80.8 Å². The minimum Gasteiger partial charge on any atom is -0.391 e. The third-order valence-electron chi connectivity index (χ3n) is 4.84. The molecule has 1 fully saturated rings. The van der Waals surface area contributed by atoms with Crippen molar-refractivity contribution in [2.75, 3.05) is 0 Å². The zero-order valence-electron chi connectivity index (χ0n) is 13.9. The molecule has 130 valence electrons. The predicted octanol–water partition coefficient (Wildman–Crippen LogP) is 1.39. The molecule has 7 heteroatoms. The molecule has 0 amide bonds. The molecule has 3 aromatic rings. The molecule has 1 unspecified atom stereocenters. The van der Waals surface area contributed by atoms with Gasteiger partial charge in [-0.15, -0.1) is 0 Å². The van der Waals surface area contributed by atoms with E-state index in [1.54, 1.807) is 17.2 Å².